The molecule has 2 aromatic rings. The molecule has 0 spiro atoms. The molecule has 122 valence electrons. The number of likely N-dealkylation sites (tertiary alicyclic amines) is 1. The maximum absolute atomic E-state index is 12.3. The number of ether oxygens (including phenoxy) is 1. The molecule has 1 aromatic heterocycles. The minimum Gasteiger partial charge on any atom is -0.484 e. The van der Waals surface area contributed by atoms with E-state index in [-0.39, 0.29) is 18.6 Å². The summed E-state index contributed by atoms with van der Waals surface area (Å²) in [6, 6.07) is 10.1. The number of amides is 1. The zero-order valence-corrected chi connectivity index (χ0v) is 14.0. The van der Waals surface area contributed by atoms with Crippen LogP contribution in [0, 0.1) is 20.8 Å². The first kappa shape index (κ1) is 15.6. The van der Waals surface area contributed by atoms with E-state index in [0.29, 0.717) is 6.54 Å². The van der Waals surface area contributed by atoms with Crippen molar-refractivity contribution in [3.05, 3.63) is 47.3 Å². The van der Waals surface area contributed by atoms with Crippen LogP contribution in [0.3, 0.4) is 0 Å². The molecular formula is C18H23N3O2. The fourth-order valence-electron chi connectivity index (χ4n) is 3.13. The molecule has 2 heterocycles. The summed E-state index contributed by atoms with van der Waals surface area (Å²) in [5.74, 6) is 0.781. The van der Waals surface area contributed by atoms with Gasteiger partial charge in [0, 0.05) is 18.8 Å². The summed E-state index contributed by atoms with van der Waals surface area (Å²) < 4.78 is 7.66. The van der Waals surface area contributed by atoms with Crippen molar-refractivity contribution in [2.24, 2.45) is 0 Å². The lowest BCUT2D eigenvalue weighted by atomic mass is 10.2. The van der Waals surface area contributed by atoms with Crippen molar-refractivity contribution in [1.29, 1.82) is 0 Å². The zero-order chi connectivity index (χ0) is 16.4. The molecule has 0 radical (unpaired) electrons. The number of benzene rings is 1. The molecule has 1 aromatic carbocycles. The Morgan fingerprint density at radius 3 is 2.83 bits per heavy atom. The standard InChI is InChI=1S/C18H23N3O2/c1-13-5-4-6-17(9-13)23-12-18(22)20-8-7-16(11-20)21-15(3)10-14(2)19-21/h4-6,9-10,16H,7-8,11-12H2,1-3H3. The molecule has 0 N–H and O–H groups in total. The minimum absolute atomic E-state index is 0.0375. The van der Waals surface area contributed by atoms with Crippen LogP contribution in [-0.2, 0) is 4.79 Å². The van der Waals surface area contributed by atoms with Gasteiger partial charge in [0.05, 0.1) is 11.7 Å². The van der Waals surface area contributed by atoms with E-state index in [9.17, 15) is 4.79 Å². The summed E-state index contributed by atoms with van der Waals surface area (Å²) in [5.41, 5.74) is 3.30. The van der Waals surface area contributed by atoms with Crippen molar-refractivity contribution in [3.8, 4) is 5.75 Å². The highest BCUT2D eigenvalue weighted by Gasteiger charge is 2.28. The number of rotatable bonds is 4. The second-order valence-electron chi connectivity index (χ2n) is 6.26. The Bertz CT molecular complexity index is 708. The quantitative estimate of drug-likeness (QED) is 0.872. The maximum atomic E-state index is 12.3. The Balaban J connectivity index is 1.56. The lowest BCUT2D eigenvalue weighted by Crippen LogP contribution is -2.33. The lowest BCUT2D eigenvalue weighted by Gasteiger charge is -2.17. The third kappa shape index (κ3) is 3.55. The first-order chi connectivity index (χ1) is 11.0. The van der Waals surface area contributed by atoms with E-state index in [0.717, 1.165) is 35.7 Å². The highest BCUT2D eigenvalue weighted by atomic mass is 16.5. The summed E-state index contributed by atoms with van der Waals surface area (Å²) in [5, 5.41) is 4.54. The lowest BCUT2D eigenvalue weighted by molar-refractivity contribution is -0.132. The van der Waals surface area contributed by atoms with Crippen molar-refractivity contribution in [2.45, 2.75) is 33.2 Å². The summed E-state index contributed by atoms with van der Waals surface area (Å²) in [7, 11) is 0. The van der Waals surface area contributed by atoms with Crippen LogP contribution in [-0.4, -0.2) is 40.3 Å². The monoisotopic (exact) mass is 313 g/mol. The molecule has 1 fully saturated rings. The van der Waals surface area contributed by atoms with Gasteiger partial charge in [-0.1, -0.05) is 12.1 Å². The fraction of sp³-hybridized carbons (Fsp3) is 0.444. The van der Waals surface area contributed by atoms with E-state index >= 15 is 0 Å². The molecule has 1 amide bonds. The Morgan fingerprint density at radius 2 is 2.13 bits per heavy atom. The van der Waals surface area contributed by atoms with Crippen molar-refractivity contribution in [3.63, 3.8) is 0 Å². The smallest absolute Gasteiger partial charge is 0.260 e. The van der Waals surface area contributed by atoms with Crippen LogP contribution in [0.5, 0.6) is 5.75 Å². The van der Waals surface area contributed by atoms with Crippen LogP contribution in [0.15, 0.2) is 30.3 Å². The largest absolute Gasteiger partial charge is 0.484 e. The van der Waals surface area contributed by atoms with Crippen LogP contribution in [0.1, 0.15) is 29.4 Å². The predicted octanol–water partition coefficient (Wildman–Crippen LogP) is 2.66. The van der Waals surface area contributed by atoms with Crippen molar-refractivity contribution in [2.75, 3.05) is 19.7 Å². The third-order valence-electron chi connectivity index (χ3n) is 4.26. The molecule has 1 unspecified atom stereocenters. The van der Waals surface area contributed by atoms with Gasteiger partial charge in [-0.3, -0.25) is 9.48 Å². The van der Waals surface area contributed by atoms with Gasteiger partial charge in [-0.25, -0.2) is 0 Å². The molecule has 23 heavy (non-hydrogen) atoms. The summed E-state index contributed by atoms with van der Waals surface area (Å²) in [6.07, 6.45) is 0.943. The van der Waals surface area contributed by atoms with Gasteiger partial charge in [0.15, 0.2) is 6.61 Å². The predicted molar refractivity (Wildman–Crippen MR) is 88.6 cm³/mol. The number of hydrogen-bond acceptors (Lipinski definition) is 3. The first-order valence-corrected chi connectivity index (χ1v) is 8.03. The molecule has 0 aliphatic carbocycles. The average Bonchev–Trinajstić information content (AvgIpc) is 3.11. The van der Waals surface area contributed by atoms with Crippen molar-refractivity contribution >= 4 is 5.91 Å². The number of carbonyl (C=O) groups is 1. The Kier molecular flexibility index (Phi) is 4.37. The molecule has 1 saturated heterocycles. The van der Waals surface area contributed by atoms with E-state index in [2.05, 4.69) is 18.1 Å². The molecule has 1 aliphatic heterocycles. The summed E-state index contributed by atoms with van der Waals surface area (Å²) in [6.45, 7) is 7.63. The van der Waals surface area contributed by atoms with Gasteiger partial charge in [-0.05, 0) is 51.0 Å². The van der Waals surface area contributed by atoms with Crippen LogP contribution in [0.2, 0.25) is 0 Å². The van der Waals surface area contributed by atoms with Crippen LogP contribution in [0.25, 0.3) is 0 Å². The Hall–Kier alpha value is -2.30. The number of nitrogens with zero attached hydrogens (tertiary/aromatic N) is 3. The van der Waals surface area contributed by atoms with E-state index in [1.165, 1.54) is 0 Å². The van der Waals surface area contributed by atoms with Gasteiger partial charge in [0.2, 0.25) is 0 Å². The summed E-state index contributed by atoms with van der Waals surface area (Å²) in [4.78, 5) is 14.2. The SMILES string of the molecule is Cc1cccc(OCC(=O)N2CCC(n3nc(C)cc3C)C2)c1. The Morgan fingerprint density at radius 1 is 1.30 bits per heavy atom. The average molecular weight is 313 g/mol. The minimum atomic E-state index is 0.0375. The Labute approximate surface area is 136 Å². The fourth-order valence-corrected chi connectivity index (χ4v) is 3.13. The molecule has 1 aliphatic rings. The van der Waals surface area contributed by atoms with Crippen molar-refractivity contribution in [1.82, 2.24) is 14.7 Å². The normalized spacial score (nSPS) is 17.5. The van der Waals surface area contributed by atoms with Gasteiger partial charge >= 0.3 is 0 Å². The second-order valence-corrected chi connectivity index (χ2v) is 6.26. The molecule has 1 atom stereocenters. The number of aryl methyl sites for hydroxylation is 3. The highest BCUT2D eigenvalue weighted by Crippen LogP contribution is 2.23. The van der Waals surface area contributed by atoms with Gasteiger partial charge in [0.1, 0.15) is 5.75 Å². The van der Waals surface area contributed by atoms with Crippen LogP contribution < -0.4 is 4.74 Å². The molecule has 5 nitrogen and oxygen atoms in total. The number of carbonyl (C=O) groups excluding carboxylic acids is 1. The van der Waals surface area contributed by atoms with Gasteiger partial charge in [0.25, 0.3) is 5.91 Å². The molecule has 0 bridgehead atoms. The van der Waals surface area contributed by atoms with Gasteiger partial charge in [-0.15, -0.1) is 0 Å². The zero-order valence-electron chi connectivity index (χ0n) is 14.0. The van der Waals surface area contributed by atoms with Crippen LogP contribution >= 0.6 is 0 Å². The molecule has 3 rings (SSSR count). The topological polar surface area (TPSA) is 47.4 Å². The second kappa shape index (κ2) is 6.44. The summed E-state index contributed by atoms with van der Waals surface area (Å²) >= 11 is 0. The van der Waals surface area contributed by atoms with Gasteiger partial charge < -0.3 is 9.64 Å². The highest BCUT2D eigenvalue weighted by molar-refractivity contribution is 5.78. The molecule has 0 saturated carbocycles. The van der Waals surface area contributed by atoms with Crippen molar-refractivity contribution < 1.29 is 9.53 Å². The van der Waals surface area contributed by atoms with Crippen LogP contribution in [0.4, 0.5) is 0 Å². The van der Waals surface area contributed by atoms with E-state index in [1.807, 2.05) is 47.7 Å². The molecular weight excluding hydrogens is 290 g/mol. The maximum Gasteiger partial charge on any atom is 0.260 e. The van der Waals surface area contributed by atoms with E-state index < -0.39 is 0 Å². The number of hydrogen-bond donors (Lipinski definition) is 0. The van der Waals surface area contributed by atoms with Gasteiger partial charge in [-0.2, -0.15) is 5.10 Å². The van der Waals surface area contributed by atoms with E-state index in [1.54, 1.807) is 0 Å². The first-order valence-electron chi connectivity index (χ1n) is 8.03. The molecule has 5 heteroatoms. The number of aromatic nitrogens is 2. The third-order valence-corrected chi connectivity index (χ3v) is 4.26. The van der Waals surface area contributed by atoms with E-state index in [4.69, 9.17) is 4.74 Å².